The van der Waals surface area contributed by atoms with Gasteiger partial charge in [-0.25, -0.2) is 8.78 Å². The van der Waals surface area contributed by atoms with E-state index in [1.165, 1.54) is 31.4 Å². The molecule has 2 nitrogen and oxygen atoms in total. The summed E-state index contributed by atoms with van der Waals surface area (Å²) >= 11 is 5.87. The fourth-order valence-electron chi connectivity index (χ4n) is 1.99. The molecule has 2 aromatic carbocycles. The van der Waals surface area contributed by atoms with Crippen molar-refractivity contribution in [2.24, 2.45) is 0 Å². The summed E-state index contributed by atoms with van der Waals surface area (Å²) in [7, 11) is 1.37. The summed E-state index contributed by atoms with van der Waals surface area (Å²) in [5.74, 6) is -0.961. The molecule has 0 aromatic heterocycles. The molecule has 0 aliphatic heterocycles. The summed E-state index contributed by atoms with van der Waals surface area (Å²) < 4.78 is 31.3. The molecule has 0 bridgehead atoms. The van der Waals surface area contributed by atoms with Gasteiger partial charge in [-0.15, -0.1) is 0 Å². The van der Waals surface area contributed by atoms with Crippen LogP contribution in [-0.2, 0) is 17.6 Å². The Morgan fingerprint density at radius 3 is 2.52 bits per heavy atom. The Hall–Kier alpha value is -1.94. The van der Waals surface area contributed by atoms with E-state index in [1.54, 1.807) is 6.07 Å². The first kappa shape index (κ1) is 15.4. The van der Waals surface area contributed by atoms with Crippen LogP contribution in [0.25, 0.3) is 0 Å². The van der Waals surface area contributed by atoms with Gasteiger partial charge in [-0.2, -0.15) is 0 Å². The number of carbonyl (C=O) groups is 1. The molecule has 0 saturated carbocycles. The SMILES string of the molecule is COc1ccc(CC(=O)Cc2ccc(F)cc2Cl)cc1F. The fraction of sp³-hybridized carbons (Fsp3) is 0.188. The number of methoxy groups -OCH3 is 1. The van der Waals surface area contributed by atoms with E-state index >= 15 is 0 Å². The van der Waals surface area contributed by atoms with E-state index in [0.29, 0.717) is 11.1 Å². The molecule has 0 N–H and O–H groups in total. The zero-order valence-electron chi connectivity index (χ0n) is 11.3. The van der Waals surface area contributed by atoms with Gasteiger partial charge in [0.15, 0.2) is 11.6 Å². The molecule has 0 unspecified atom stereocenters. The number of ketones is 1. The van der Waals surface area contributed by atoms with Gasteiger partial charge in [0, 0.05) is 17.9 Å². The lowest BCUT2D eigenvalue weighted by Crippen LogP contribution is -2.07. The Morgan fingerprint density at radius 1 is 1.14 bits per heavy atom. The molecule has 0 heterocycles. The molecule has 0 radical (unpaired) electrons. The number of Topliss-reactive ketones (excluding diaryl/α,β-unsaturated/α-hetero) is 1. The Bertz CT molecular complexity index is 671. The van der Waals surface area contributed by atoms with Crippen molar-refractivity contribution in [3.8, 4) is 5.75 Å². The van der Waals surface area contributed by atoms with Crippen molar-refractivity contribution < 1.29 is 18.3 Å². The topological polar surface area (TPSA) is 26.3 Å². The number of hydrogen-bond acceptors (Lipinski definition) is 2. The number of rotatable bonds is 5. The van der Waals surface area contributed by atoms with Crippen LogP contribution in [0.1, 0.15) is 11.1 Å². The maximum absolute atomic E-state index is 13.5. The van der Waals surface area contributed by atoms with Crippen LogP contribution in [0.15, 0.2) is 36.4 Å². The van der Waals surface area contributed by atoms with E-state index in [0.717, 1.165) is 6.07 Å². The summed E-state index contributed by atoms with van der Waals surface area (Å²) in [4.78, 5) is 12.0. The second kappa shape index (κ2) is 6.68. The van der Waals surface area contributed by atoms with Gasteiger partial charge in [0.25, 0.3) is 0 Å². The second-order valence-corrected chi connectivity index (χ2v) is 5.00. The van der Waals surface area contributed by atoms with E-state index in [1.807, 2.05) is 0 Å². The van der Waals surface area contributed by atoms with Crippen molar-refractivity contribution >= 4 is 17.4 Å². The largest absolute Gasteiger partial charge is 0.494 e. The highest BCUT2D eigenvalue weighted by Crippen LogP contribution is 2.20. The smallest absolute Gasteiger partial charge is 0.165 e. The molecule has 0 fully saturated rings. The fourth-order valence-corrected chi connectivity index (χ4v) is 2.22. The van der Waals surface area contributed by atoms with Crippen molar-refractivity contribution in [1.82, 2.24) is 0 Å². The minimum atomic E-state index is -0.511. The molecule has 0 saturated heterocycles. The first-order valence-electron chi connectivity index (χ1n) is 6.27. The lowest BCUT2D eigenvalue weighted by molar-refractivity contribution is -0.117. The van der Waals surface area contributed by atoms with Crippen LogP contribution in [-0.4, -0.2) is 12.9 Å². The Kier molecular flexibility index (Phi) is 4.91. The third-order valence-electron chi connectivity index (χ3n) is 3.02. The van der Waals surface area contributed by atoms with Crippen molar-refractivity contribution in [3.05, 3.63) is 64.2 Å². The van der Waals surface area contributed by atoms with Crippen LogP contribution in [0.3, 0.4) is 0 Å². The molecule has 0 aliphatic carbocycles. The van der Waals surface area contributed by atoms with Crippen molar-refractivity contribution in [2.75, 3.05) is 7.11 Å². The highest BCUT2D eigenvalue weighted by atomic mass is 35.5. The zero-order chi connectivity index (χ0) is 15.4. The summed E-state index contributed by atoms with van der Waals surface area (Å²) in [6.45, 7) is 0. The molecular formula is C16H13ClF2O2. The molecule has 21 heavy (non-hydrogen) atoms. The van der Waals surface area contributed by atoms with E-state index in [9.17, 15) is 13.6 Å². The second-order valence-electron chi connectivity index (χ2n) is 4.60. The van der Waals surface area contributed by atoms with Gasteiger partial charge in [-0.05, 0) is 35.4 Å². The first-order valence-corrected chi connectivity index (χ1v) is 6.65. The number of ether oxygens (including phenoxy) is 1. The predicted octanol–water partition coefficient (Wildman–Crippen LogP) is 3.98. The molecule has 0 amide bonds. The van der Waals surface area contributed by atoms with E-state index in [4.69, 9.17) is 16.3 Å². The van der Waals surface area contributed by atoms with Crippen molar-refractivity contribution in [1.29, 1.82) is 0 Å². The molecule has 110 valence electrons. The lowest BCUT2D eigenvalue weighted by Gasteiger charge is -2.06. The third-order valence-corrected chi connectivity index (χ3v) is 3.37. The summed E-state index contributed by atoms with van der Waals surface area (Å²) in [6, 6.07) is 8.26. The van der Waals surface area contributed by atoms with Crippen molar-refractivity contribution in [2.45, 2.75) is 12.8 Å². The van der Waals surface area contributed by atoms with Crippen molar-refractivity contribution in [3.63, 3.8) is 0 Å². The number of hydrogen-bond donors (Lipinski definition) is 0. The minimum Gasteiger partial charge on any atom is -0.494 e. The van der Waals surface area contributed by atoms with Crippen LogP contribution in [0.5, 0.6) is 5.75 Å². The van der Waals surface area contributed by atoms with Gasteiger partial charge >= 0.3 is 0 Å². The van der Waals surface area contributed by atoms with Gasteiger partial charge < -0.3 is 4.74 Å². The number of halogens is 3. The first-order chi connectivity index (χ1) is 9.99. The maximum Gasteiger partial charge on any atom is 0.165 e. The van der Waals surface area contributed by atoms with Gasteiger partial charge in [0.2, 0.25) is 0 Å². The summed E-state index contributed by atoms with van der Waals surface area (Å²) in [5.41, 5.74) is 1.11. The third kappa shape index (κ3) is 4.02. The Morgan fingerprint density at radius 2 is 1.90 bits per heavy atom. The average Bonchev–Trinajstić information content (AvgIpc) is 2.42. The molecule has 2 aromatic rings. The molecule has 0 spiro atoms. The Labute approximate surface area is 126 Å². The molecule has 2 rings (SSSR count). The standard InChI is InChI=1S/C16H13ClF2O2/c1-21-16-5-2-10(7-15(16)19)6-13(20)8-11-3-4-12(18)9-14(11)17/h2-5,7,9H,6,8H2,1H3. The van der Waals surface area contributed by atoms with Gasteiger partial charge in [-0.3, -0.25) is 4.79 Å². The number of carbonyl (C=O) groups excluding carboxylic acids is 1. The lowest BCUT2D eigenvalue weighted by atomic mass is 10.0. The van der Waals surface area contributed by atoms with Gasteiger partial charge in [-0.1, -0.05) is 23.7 Å². The van der Waals surface area contributed by atoms with Gasteiger partial charge in [0.05, 0.1) is 7.11 Å². The molecular weight excluding hydrogens is 298 g/mol. The van der Waals surface area contributed by atoms with Crippen LogP contribution >= 0.6 is 11.6 Å². The summed E-state index contributed by atoms with van der Waals surface area (Å²) in [5, 5.41) is 0.212. The van der Waals surface area contributed by atoms with Crippen LogP contribution in [0.4, 0.5) is 8.78 Å². The van der Waals surface area contributed by atoms with Gasteiger partial charge in [0.1, 0.15) is 11.6 Å². The zero-order valence-corrected chi connectivity index (χ0v) is 12.1. The quantitative estimate of drug-likeness (QED) is 0.835. The maximum atomic E-state index is 13.5. The number of benzene rings is 2. The molecule has 0 aliphatic rings. The normalized spacial score (nSPS) is 10.5. The van der Waals surface area contributed by atoms with Crippen LogP contribution < -0.4 is 4.74 Å². The highest BCUT2D eigenvalue weighted by molar-refractivity contribution is 6.31. The summed E-state index contributed by atoms with van der Waals surface area (Å²) in [6.07, 6.45) is 0.154. The van der Waals surface area contributed by atoms with E-state index in [2.05, 4.69) is 0 Å². The predicted molar refractivity (Wildman–Crippen MR) is 76.8 cm³/mol. The minimum absolute atomic E-state index is 0.0762. The molecule has 0 atom stereocenters. The van der Waals surface area contributed by atoms with E-state index < -0.39 is 11.6 Å². The average molecular weight is 311 g/mol. The molecule has 5 heteroatoms. The van der Waals surface area contributed by atoms with Crippen LogP contribution in [0.2, 0.25) is 5.02 Å². The Balaban J connectivity index is 2.06. The van der Waals surface area contributed by atoms with Crippen LogP contribution in [0, 0.1) is 11.6 Å². The monoisotopic (exact) mass is 310 g/mol. The highest BCUT2D eigenvalue weighted by Gasteiger charge is 2.11. The van der Waals surface area contributed by atoms with E-state index in [-0.39, 0.29) is 29.4 Å².